The van der Waals surface area contributed by atoms with Crippen molar-refractivity contribution in [2.45, 2.75) is 58.7 Å². The number of likely N-dealkylation sites (N-methyl/N-ethyl adjacent to an activating group) is 1. The molecular weight excluding hydrogens is 212 g/mol. The summed E-state index contributed by atoms with van der Waals surface area (Å²) in [6, 6.07) is 1.34. The molecule has 0 aromatic heterocycles. The SMILES string of the molecule is CCNC1C(N2CCOC(C)C2)CCC1(C)C. The number of nitrogens with one attached hydrogen (secondary N) is 1. The van der Waals surface area contributed by atoms with Gasteiger partial charge in [-0.2, -0.15) is 0 Å². The molecule has 0 bridgehead atoms. The first kappa shape index (κ1) is 13.3. The van der Waals surface area contributed by atoms with E-state index < -0.39 is 0 Å². The third-order valence-electron chi connectivity index (χ3n) is 4.48. The van der Waals surface area contributed by atoms with Crippen LogP contribution in [0.2, 0.25) is 0 Å². The molecule has 0 aromatic carbocycles. The van der Waals surface area contributed by atoms with Gasteiger partial charge >= 0.3 is 0 Å². The second-order valence-electron chi connectivity index (χ2n) is 6.31. The summed E-state index contributed by atoms with van der Waals surface area (Å²) in [5, 5.41) is 3.71. The smallest absolute Gasteiger partial charge is 0.0674 e. The summed E-state index contributed by atoms with van der Waals surface area (Å²) in [5.74, 6) is 0. The summed E-state index contributed by atoms with van der Waals surface area (Å²) in [4.78, 5) is 2.65. The maximum absolute atomic E-state index is 5.65. The summed E-state index contributed by atoms with van der Waals surface area (Å²) < 4.78 is 5.65. The topological polar surface area (TPSA) is 24.5 Å². The Balaban J connectivity index is 2.03. The summed E-state index contributed by atoms with van der Waals surface area (Å²) in [5.41, 5.74) is 0.433. The van der Waals surface area contributed by atoms with Gasteiger partial charge in [-0.05, 0) is 31.7 Å². The lowest BCUT2D eigenvalue weighted by Crippen LogP contribution is -2.55. The summed E-state index contributed by atoms with van der Waals surface area (Å²) in [6.07, 6.45) is 3.06. The number of nitrogens with zero attached hydrogens (tertiary/aromatic N) is 1. The minimum atomic E-state index is 0.398. The first-order valence-corrected chi connectivity index (χ1v) is 7.13. The fourth-order valence-corrected chi connectivity index (χ4v) is 3.54. The molecule has 2 aliphatic rings. The Morgan fingerprint density at radius 3 is 2.82 bits per heavy atom. The van der Waals surface area contributed by atoms with Crippen LogP contribution in [0, 0.1) is 5.41 Å². The molecule has 1 heterocycles. The van der Waals surface area contributed by atoms with Crippen LogP contribution in [0.25, 0.3) is 0 Å². The van der Waals surface area contributed by atoms with Gasteiger partial charge in [0.2, 0.25) is 0 Å². The van der Waals surface area contributed by atoms with Crippen LogP contribution in [-0.4, -0.2) is 49.3 Å². The molecule has 0 amide bonds. The Bertz CT molecular complexity index is 255. The van der Waals surface area contributed by atoms with Crippen molar-refractivity contribution in [3.8, 4) is 0 Å². The van der Waals surface area contributed by atoms with Crippen LogP contribution in [0.15, 0.2) is 0 Å². The molecule has 3 nitrogen and oxygen atoms in total. The minimum Gasteiger partial charge on any atom is -0.376 e. The van der Waals surface area contributed by atoms with Gasteiger partial charge in [-0.1, -0.05) is 20.8 Å². The second-order valence-corrected chi connectivity index (χ2v) is 6.31. The van der Waals surface area contributed by atoms with Crippen molar-refractivity contribution in [2.24, 2.45) is 5.41 Å². The lowest BCUT2D eigenvalue weighted by Gasteiger charge is -2.41. The van der Waals surface area contributed by atoms with E-state index in [2.05, 4.69) is 37.9 Å². The van der Waals surface area contributed by atoms with Crippen LogP contribution in [0.5, 0.6) is 0 Å². The van der Waals surface area contributed by atoms with E-state index in [-0.39, 0.29) is 0 Å². The van der Waals surface area contributed by atoms with Gasteiger partial charge in [-0.25, -0.2) is 0 Å². The molecule has 1 saturated heterocycles. The van der Waals surface area contributed by atoms with E-state index in [9.17, 15) is 0 Å². The molecule has 0 aromatic rings. The monoisotopic (exact) mass is 240 g/mol. The number of rotatable bonds is 3. The van der Waals surface area contributed by atoms with Crippen molar-refractivity contribution < 1.29 is 4.74 Å². The molecule has 1 saturated carbocycles. The zero-order valence-corrected chi connectivity index (χ0v) is 11.8. The molecule has 17 heavy (non-hydrogen) atoms. The van der Waals surface area contributed by atoms with Crippen molar-refractivity contribution in [2.75, 3.05) is 26.2 Å². The largest absolute Gasteiger partial charge is 0.376 e. The molecule has 3 unspecified atom stereocenters. The quantitative estimate of drug-likeness (QED) is 0.815. The molecule has 1 N–H and O–H groups in total. The third-order valence-corrected chi connectivity index (χ3v) is 4.48. The van der Waals surface area contributed by atoms with E-state index in [1.54, 1.807) is 0 Å². The molecule has 1 aliphatic carbocycles. The van der Waals surface area contributed by atoms with E-state index in [1.807, 2.05) is 0 Å². The van der Waals surface area contributed by atoms with E-state index in [0.29, 0.717) is 23.6 Å². The molecular formula is C14H28N2O. The van der Waals surface area contributed by atoms with Gasteiger partial charge in [-0.3, -0.25) is 4.90 Å². The second kappa shape index (κ2) is 5.25. The van der Waals surface area contributed by atoms with Crippen molar-refractivity contribution in [3.05, 3.63) is 0 Å². The average Bonchev–Trinajstić information content (AvgIpc) is 2.56. The number of morpholine rings is 1. The lowest BCUT2D eigenvalue weighted by molar-refractivity contribution is -0.0391. The van der Waals surface area contributed by atoms with Crippen LogP contribution in [0.1, 0.15) is 40.5 Å². The Kier molecular flexibility index (Phi) is 4.11. The Labute approximate surface area is 106 Å². The van der Waals surface area contributed by atoms with Crippen LogP contribution in [0.3, 0.4) is 0 Å². The highest BCUT2D eigenvalue weighted by atomic mass is 16.5. The maximum Gasteiger partial charge on any atom is 0.0674 e. The van der Waals surface area contributed by atoms with Gasteiger partial charge in [0.25, 0.3) is 0 Å². The highest BCUT2D eigenvalue weighted by Gasteiger charge is 2.44. The minimum absolute atomic E-state index is 0.398. The fourth-order valence-electron chi connectivity index (χ4n) is 3.54. The Morgan fingerprint density at radius 1 is 1.41 bits per heavy atom. The maximum atomic E-state index is 5.65. The van der Waals surface area contributed by atoms with Crippen molar-refractivity contribution >= 4 is 0 Å². The first-order chi connectivity index (χ1) is 8.04. The van der Waals surface area contributed by atoms with Gasteiger partial charge in [0.05, 0.1) is 12.7 Å². The fraction of sp³-hybridized carbons (Fsp3) is 1.00. The number of hydrogen-bond donors (Lipinski definition) is 1. The normalized spacial score (nSPS) is 38.5. The van der Waals surface area contributed by atoms with Gasteiger partial charge in [0.15, 0.2) is 0 Å². The van der Waals surface area contributed by atoms with Crippen LogP contribution >= 0.6 is 0 Å². The summed E-state index contributed by atoms with van der Waals surface area (Å²) >= 11 is 0. The molecule has 2 fully saturated rings. The van der Waals surface area contributed by atoms with Crippen LogP contribution in [-0.2, 0) is 4.74 Å². The molecule has 2 rings (SSSR count). The third kappa shape index (κ3) is 2.83. The van der Waals surface area contributed by atoms with Crippen molar-refractivity contribution in [3.63, 3.8) is 0 Å². The summed E-state index contributed by atoms with van der Waals surface area (Å²) in [6.45, 7) is 13.4. The van der Waals surface area contributed by atoms with E-state index in [0.717, 1.165) is 26.2 Å². The predicted octanol–water partition coefficient (Wildman–Crippen LogP) is 1.87. The van der Waals surface area contributed by atoms with Gasteiger partial charge < -0.3 is 10.1 Å². The number of ether oxygens (including phenoxy) is 1. The van der Waals surface area contributed by atoms with E-state index in [4.69, 9.17) is 4.74 Å². The van der Waals surface area contributed by atoms with Gasteiger partial charge in [0, 0.05) is 25.2 Å². The lowest BCUT2D eigenvalue weighted by atomic mass is 9.86. The van der Waals surface area contributed by atoms with Gasteiger partial charge in [-0.15, -0.1) is 0 Å². The molecule has 3 atom stereocenters. The molecule has 1 aliphatic heterocycles. The van der Waals surface area contributed by atoms with Crippen LogP contribution < -0.4 is 5.32 Å². The summed E-state index contributed by atoms with van der Waals surface area (Å²) in [7, 11) is 0. The standard InChI is InChI=1S/C14H28N2O/c1-5-15-13-12(6-7-14(13,3)4)16-8-9-17-11(2)10-16/h11-13,15H,5-10H2,1-4H3. The van der Waals surface area contributed by atoms with Crippen molar-refractivity contribution in [1.82, 2.24) is 10.2 Å². The number of hydrogen-bond acceptors (Lipinski definition) is 3. The highest BCUT2D eigenvalue weighted by molar-refractivity contribution is 5.01. The average molecular weight is 240 g/mol. The first-order valence-electron chi connectivity index (χ1n) is 7.13. The predicted molar refractivity (Wildman–Crippen MR) is 71.3 cm³/mol. The van der Waals surface area contributed by atoms with E-state index in [1.165, 1.54) is 12.8 Å². The molecule has 3 heteroatoms. The Hall–Kier alpha value is -0.120. The highest BCUT2D eigenvalue weighted by Crippen LogP contribution is 2.40. The van der Waals surface area contributed by atoms with Crippen LogP contribution in [0.4, 0.5) is 0 Å². The van der Waals surface area contributed by atoms with E-state index >= 15 is 0 Å². The molecule has 0 radical (unpaired) electrons. The zero-order chi connectivity index (χ0) is 12.5. The van der Waals surface area contributed by atoms with Gasteiger partial charge in [0.1, 0.15) is 0 Å². The zero-order valence-electron chi connectivity index (χ0n) is 11.8. The van der Waals surface area contributed by atoms with Crippen molar-refractivity contribution in [1.29, 1.82) is 0 Å². The molecule has 100 valence electrons. The molecule has 0 spiro atoms. The Morgan fingerprint density at radius 2 is 2.18 bits per heavy atom.